The number of carbonyl (C=O) groups excluding carboxylic acids is 4. The normalized spacial score (nSPS) is 14.6. The first-order valence-corrected chi connectivity index (χ1v) is 40.8. The van der Waals surface area contributed by atoms with Crippen molar-refractivity contribution in [3.63, 3.8) is 0 Å². The van der Waals surface area contributed by atoms with E-state index in [1.54, 1.807) is 6.08 Å². The summed E-state index contributed by atoms with van der Waals surface area (Å²) in [6.45, 7) is 4.53. The molecular formula is C79H134O17P2. The SMILES string of the molecule is CC/C=C\C/C=C\C/C=C\C/C=C\C/C=C\CC(=O)OCC(COP(=O)(O)OCC(O)COP(=O)(O)OCC(COC(=O)CCCCCCC/C=C\C/C=C\CCCCC)OC(=O)CCCCCCC/C=C\C/C=C\CCCCC)OC(=O)CCCCCCC/C=C\CCCCCC. The lowest BCUT2D eigenvalue weighted by atomic mass is 10.1. The molecule has 0 bridgehead atoms. The summed E-state index contributed by atoms with van der Waals surface area (Å²) < 4.78 is 68.3. The average molecular weight is 1420 g/mol. The zero-order valence-corrected chi connectivity index (χ0v) is 63.0. The van der Waals surface area contributed by atoms with Gasteiger partial charge >= 0.3 is 39.5 Å². The zero-order chi connectivity index (χ0) is 71.8. The smallest absolute Gasteiger partial charge is 0.462 e. The van der Waals surface area contributed by atoms with Crippen molar-refractivity contribution in [2.24, 2.45) is 0 Å². The van der Waals surface area contributed by atoms with Crippen molar-refractivity contribution in [3.05, 3.63) is 122 Å². The second kappa shape index (κ2) is 70.9. The molecule has 0 saturated carbocycles. The Hall–Kier alpha value is -4.54. The molecule has 17 nitrogen and oxygen atoms in total. The molecule has 0 fully saturated rings. The maximum Gasteiger partial charge on any atom is 0.472 e. The number of carbonyl (C=O) groups is 4. The number of aliphatic hydroxyl groups is 1. The quantitative estimate of drug-likeness (QED) is 0.0169. The van der Waals surface area contributed by atoms with Crippen LogP contribution in [0.2, 0.25) is 0 Å². The number of phosphoric acid groups is 2. The van der Waals surface area contributed by atoms with E-state index < -0.39 is 97.5 Å². The molecule has 0 aromatic heterocycles. The number of ether oxygens (including phenoxy) is 4. The summed E-state index contributed by atoms with van der Waals surface area (Å²) in [7, 11) is -9.98. The lowest BCUT2D eigenvalue weighted by Gasteiger charge is -2.21. The minimum Gasteiger partial charge on any atom is -0.462 e. The first kappa shape index (κ1) is 93.5. The van der Waals surface area contributed by atoms with Crippen LogP contribution in [0.5, 0.6) is 0 Å². The minimum absolute atomic E-state index is 0.0630. The third kappa shape index (κ3) is 69.9. The molecular weight excluding hydrogens is 1280 g/mol. The topological polar surface area (TPSA) is 237 Å². The van der Waals surface area contributed by atoms with Crippen LogP contribution in [0.3, 0.4) is 0 Å². The van der Waals surface area contributed by atoms with E-state index in [-0.39, 0.29) is 25.7 Å². The van der Waals surface area contributed by atoms with Gasteiger partial charge in [0.25, 0.3) is 0 Å². The average Bonchev–Trinajstić information content (AvgIpc) is 0.959. The van der Waals surface area contributed by atoms with Crippen molar-refractivity contribution in [1.29, 1.82) is 0 Å². The Morgan fingerprint density at radius 2 is 0.571 bits per heavy atom. The van der Waals surface area contributed by atoms with Crippen LogP contribution in [0.15, 0.2) is 122 Å². The van der Waals surface area contributed by atoms with E-state index in [2.05, 4.69) is 125 Å². The van der Waals surface area contributed by atoms with Crippen molar-refractivity contribution in [1.82, 2.24) is 0 Å². The maximum absolute atomic E-state index is 13.1. The van der Waals surface area contributed by atoms with Crippen LogP contribution in [-0.2, 0) is 65.4 Å². The summed E-state index contributed by atoms with van der Waals surface area (Å²) in [5.41, 5.74) is 0. The molecule has 0 saturated heterocycles. The number of phosphoric ester groups is 2. The molecule has 0 aliphatic heterocycles. The number of aliphatic hydroxyl groups excluding tert-OH is 1. The second-order valence-electron chi connectivity index (χ2n) is 24.9. The van der Waals surface area contributed by atoms with Gasteiger partial charge in [-0.15, -0.1) is 0 Å². The summed E-state index contributed by atoms with van der Waals surface area (Å²) in [5.74, 6) is -2.36. The summed E-state index contributed by atoms with van der Waals surface area (Å²) in [5, 5.41) is 10.6. The lowest BCUT2D eigenvalue weighted by Crippen LogP contribution is -2.30. The molecule has 5 atom stereocenters. The van der Waals surface area contributed by atoms with Gasteiger partial charge in [0, 0.05) is 19.3 Å². The number of hydrogen-bond acceptors (Lipinski definition) is 15. The van der Waals surface area contributed by atoms with Gasteiger partial charge < -0.3 is 33.8 Å². The minimum atomic E-state index is -5.00. The molecule has 0 amide bonds. The van der Waals surface area contributed by atoms with Crippen LogP contribution in [0.1, 0.15) is 297 Å². The summed E-state index contributed by atoms with van der Waals surface area (Å²) >= 11 is 0. The Kier molecular flexibility index (Phi) is 67.6. The highest BCUT2D eigenvalue weighted by molar-refractivity contribution is 7.47. The van der Waals surface area contributed by atoms with E-state index >= 15 is 0 Å². The van der Waals surface area contributed by atoms with Gasteiger partial charge in [0.15, 0.2) is 12.2 Å². The van der Waals surface area contributed by atoms with Crippen LogP contribution in [0, 0.1) is 0 Å². The number of esters is 4. The first-order chi connectivity index (χ1) is 47.7. The molecule has 562 valence electrons. The van der Waals surface area contributed by atoms with Gasteiger partial charge in [-0.2, -0.15) is 0 Å². The molecule has 5 unspecified atom stereocenters. The summed E-state index contributed by atoms with van der Waals surface area (Å²) in [6, 6.07) is 0. The Morgan fingerprint density at radius 3 is 0.939 bits per heavy atom. The fourth-order valence-corrected chi connectivity index (χ4v) is 11.2. The van der Waals surface area contributed by atoms with Crippen molar-refractivity contribution >= 4 is 39.5 Å². The molecule has 3 N–H and O–H groups in total. The number of allylic oxidation sites excluding steroid dienone is 19. The standard InChI is InChI=1S/C79H134O17P2/c1-5-9-13-17-21-25-29-33-36-40-43-47-51-55-59-63-76(81)89-69-74(95-78(83)65-61-57-53-49-45-39-32-28-24-20-16-12-8-4)71-93-97(85,86)91-67-73(80)68-92-98(87,88)94-72-75(96-79(84)66-62-58-54-50-46-42-38-35-31-27-23-19-15-11-7-3)70-90-77(82)64-60-56-52-48-44-41-37-34-30-26-22-18-14-10-6-2/h9,13,21-23,25-28,32-38,43,47,55,59,73-75,80H,5-8,10-12,14-20,24,29-31,39-42,44-46,48-54,56-58,60-72H2,1-4H3,(H,85,86)(H,87,88)/b13-9-,25-21-,26-22-,27-23-,32-28-,36-33-,37-34-,38-35-,47-43-,59-55-. The van der Waals surface area contributed by atoms with Gasteiger partial charge in [-0.05, 0) is 141 Å². The highest BCUT2D eigenvalue weighted by Crippen LogP contribution is 2.45. The van der Waals surface area contributed by atoms with E-state index in [4.69, 9.17) is 37.0 Å². The predicted octanol–water partition coefficient (Wildman–Crippen LogP) is 21.6. The van der Waals surface area contributed by atoms with Gasteiger partial charge in [0.05, 0.1) is 32.8 Å². The van der Waals surface area contributed by atoms with E-state index in [0.717, 1.165) is 154 Å². The Balaban J connectivity index is 5.44. The van der Waals surface area contributed by atoms with E-state index in [1.807, 2.05) is 18.2 Å². The van der Waals surface area contributed by atoms with Crippen molar-refractivity contribution < 1.29 is 80.2 Å². The molecule has 98 heavy (non-hydrogen) atoms. The van der Waals surface area contributed by atoms with Crippen LogP contribution in [-0.4, -0.2) is 96.7 Å². The molecule has 0 aliphatic carbocycles. The fraction of sp³-hybridized carbons (Fsp3) is 0.696. The molecule has 0 heterocycles. The molecule has 0 spiro atoms. The monoisotopic (exact) mass is 1420 g/mol. The number of unbranched alkanes of at least 4 members (excludes halogenated alkanes) is 25. The third-order valence-corrected chi connectivity index (χ3v) is 17.3. The van der Waals surface area contributed by atoms with Crippen LogP contribution >= 0.6 is 15.6 Å². The molecule has 0 radical (unpaired) electrons. The Morgan fingerprint density at radius 1 is 0.306 bits per heavy atom. The first-order valence-electron chi connectivity index (χ1n) is 37.8. The predicted molar refractivity (Wildman–Crippen MR) is 399 cm³/mol. The van der Waals surface area contributed by atoms with Gasteiger partial charge in [0.2, 0.25) is 0 Å². The summed E-state index contributed by atoms with van der Waals surface area (Å²) in [6.07, 6.45) is 76.5. The summed E-state index contributed by atoms with van der Waals surface area (Å²) in [4.78, 5) is 72.7. The van der Waals surface area contributed by atoms with E-state index in [0.29, 0.717) is 25.7 Å². The third-order valence-electron chi connectivity index (χ3n) is 15.4. The van der Waals surface area contributed by atoms with E-state index in [9.17, 15) is 43.2 Å². The van der Waals surface area contributed by atoms with Crippen molar-refractivity contribution in [2.45, 2.75) is 316 Å². The van der Waals surface area contributed by atoms with E-state index in [1.165, 1.54) is 64.2 Å². The Labute approximate surface area is 593 Å². The molecule has 0 aromatic carbocycles. The van der Waals surface area contributed by atoms with Gasteiger partial charge in [0.1, 0.15) is 19.3 Å². The van der Waals surface area contributed by atoms with Gasteiger partial charge in [-0.3, -0.25) is 37.3 Å². The molecule has 0 rings (SSSR count). The molecule has 0 aliphatic rings. The molecule has 0 aromatic rings. The van der Waals surface area contributed by atoms with Crippen molar-refractivity contribution in [2.75, 3.05) is 39.6 Å². The Bertz CT molecular complexity index is 2340. The number of hydrogen-bond donors (Lipinski definition) is 3. The lowest BCUT2D eigenvalue weighted by molar-refractivity contribution is -0.161. The molecule has 19 heteroatoms. The van der Waals surface area contributed by atoms with Crippen molar-refractivity contribution in [3.8, 4) is 0 Å². The van der Waals surface area contributed by atoms with Gasteiger partial charge in [-0.25, -0.2) is 9.13 Å². The highest BCUT2D eigenvalue weighted by atomic mass is 31.2. The fourth-order valence-electron chi connectivity index (χ4n) is 9.64. The van der Waals surface area contributed by atoms with Gasteiger partial charge in [-0.1, -0.05) is 252 Å². The maximum atomic E-state index is 13.1. The number of rotatable bonds is 70. The zero-order valence-electron chi connectivity index (χ0n) is 61.2. The highest BCUT2D eigenvalue weighted by Gasteiger charge is 2.30. The second-order valence-corrected chi connectivity index (χ2v) is 27.8. The van der Waals surface area contributed by atoms with Crippen LogP contribution in [0.4, 0.5) is 0 Å². The van der Waals surface area contributed by atoms with Crippen LogP contribution < -0.4 is 0 Å². The largest absolute Gasteiger partial charge is 0.472 e. The van der Waals surface area contributed by atoms with Crippen LogP contribution in [0.25, 0.3) is 0 Å².